The first-order chi connectivity index (χ1) is 10.2. The summed E-state index contributed by atoms with van der Waals surface area (Å²) in [6.07, 6.45) is 2.54. The fourth-order valence-electron chi connectivity index (χ4n) is 2.94. The van der Waals surface area contributed by atoms with Gasteiger partial charge in [0.25, 0.3) is 0 Å². The smallest absolute Gasteiger partial charge is 0.0681 e. The number of benzene rings is 2. The Balaban J connectivity index is 1.65. The molecule has 0 aliphatic heterocycles. The Morgan fingerprint density at radius 2 is 1.86 bits per heavy atom. The predicted octanol–water partition coefficient (Wildman–Crippen LogP) is 3.56. The van der Waals surface area contributed by atoms with Crippen LogP contribution < -0.4 is 5.32 Å². The summed E-state index contributed by atoms with van der Waals surface area (Å²) in [5.41, 5.74) is 4.01. The van der Waals surface area contributed by atoms with Crippen LogP contribution in [0.25, 0.3) is 0 Å². The van der Waals surface area contributed by atoms with Crippen LogP contribution in [0.1, 0.15) is 42.5 Å². The van der Waals surface area contributed by atoms with E-state index in [4.69, 9.17) is 0 Å². The molecule has 2 N–H and O–H groups in total. The van der Waals surface area contributed by atoms with E-state index >= 15 is 0 Å². The van der Waals surface area contributed by atoms with Gasteiger partial charge in [0.1, 0.15) is 0 Å². The first-order valence-electron chi connectivity index (χ1n) is 7.72. The molecule has 1 fully saturated rings. The van der Waals surface area contributed by atoms with Gasteiger partial charge in [-0.15, -0.1) is 0 Å². The van der Waals surface area contributed by atoms with Crippen LogP contribution in [0.3, 0.4) is 0 Å². The quantitative estimate of drug-likeness (QED) is 0.848. The van der Waals surface area contributed by atoms with Crippen LogP contribution in [-0.2, 0) is 12.0 Å². The van der Waals surface area contributed by atoms with Gasteiger partial charge in [-0.2, -0.15) is 0 Å². The van der Waals surface area contributed by atoms with Gasteiger partial charge < -0.3 is 10.4 Å². The normalized spacial score (nSPS) is 17.4. The molecule has 1 aliphatic carbocycles. The second-order valence-corrected chi connectivity index (χ2v) is 6.15. The minimum Gasteiger partial charge on any atom is -0.392 e. The van der Waals surface area contributed by atoms with Crippen molar-refractivity contribution in [3.63, 3.8) is 0 Å². The summed E-state index contributed by atoms with van der Waals surface area (Å²) in [7, 11) is 0. The summed E-state index contributed by atoms with van der Waals surface area (Å²) in [4.78, 5) is 0. The van der Waals surface area contributed by atoms with Crippen molar-refractivity contribution in [3.05, 3.63) is 71.3 Å². The van der Waals surface area contributed by atoms with Gasteiger partial charge in [-0.25, -0.2) is 0 Å². The summed E-state index contributed by atoms with van der Waals surface area (Å²) in [6.45, 7) is 3.31. The second kappa shape index (κ2) is 6.00. The highest BCUT2D eigenvalue weighted by Crippen LogP contribution is 2.47. The van der Waals surface area contributed by atoms with Crippen LogP contribution in [0.15, 0.2) is 54.6 Å². The van der Waals surface area contributed by atoms with Crippen molar-refractivity contribution in [1.82, 2.24) is 5.32 Å². The van der Waals surface area contributed by atoms with E-state index in [1.807, 2.05) is 12.1 Å². The molecule has 0 saturated heterocycles. The fourth-order valence-corrected chi connectivity index (χ4v) is 2.94. The number of rotatable bonds is 6. The Labute approximate surface area is 126 Å². The summed E-state index contributed by atoms with van der Waals surface area (Å²) < 4.78 is 0. The molecule has 110 valence electrons. The lowest BCUT2D eigenvalue weighted by Crippen LogP contribution is -2.29. The van der Waals surface area contributed by atoms with Gasteiger partial charge >= 0.3 is 0 Å². The molecule has 0 spiro atoms. The molecule has 21 heavy (non-hydrogen) atoms. The molecular weight excluding hydrogens is 258 g/mol. The summed E-state index contributed by atoms with van der Waals surface area (Å²) in [6, 6.07) is 19.3. The second-order valence-electron chi connectivity index (χ2n) is 6.15. The molecule has 0 bridgehead atoms. The van der Waals surface area contributed by atoms with E-state index in [9.17, 15) is 5.11 Å². The molecule has 0 amide bonds. The zero-order valence-electron chi connectivity index (χ0n) is 12.5. The van der Waals surface area contributed by atoms with E-state index in [1.165, 1.54) is 24.0 Å². The molecule has 2 heteroatoms. The van der Waals surface area contributed by atoms with Gasteiger partial charge in [-0.3, -0.25) is 0 Å². The SMILES string of the molecule is CC(NCC1(c2ccccc2)CC1)c1cccc(CO)c1. The third-order valence-electron chi connectivity index (χ3n) is 4.62. The molecule has 0 radical (unpaired) electrons. The Morgan fingerprint density at radius 3 is 2.52 bits per heavy atom. The van der Waals surface area contributed by atoms with Gasteiger partial charge in [0, 0.05) is 18.0 Å². The Kier molecular flexibility index (Phi) is 4.09. The molecule has 1 saturated carbocycles. The lowest BCUT2D eigenvalue weighted by molar-refractivity contribution is 0.281. The molecule has 2 aromatic rings. The van der Waals surface area contributed by atoms with Crippen LogP contribution in [0.5, 0.6) is 0 Å². The summed E-state index contributed by atoms with van der Waals surface area (Å²) in [5, 5.41) is 12.9. The Morgan fingerprint density at radius 1 is 1.10 bits per heavy atom. The molecule has 1 atom stereocenters. The summed E-state index contributed by atoms with van der Waals surface area (Å²) >= 11 is 0. The largest absolute Gasteiger partial charge is 0.392 e. The highest BCUT2D eigenvalue weighted by atomic mass is 16.3. The molecule has 0 heterocycles. The molecular formula is C19H23NO. The van der Waals surface area contributed by atoms with Crippen molar-refractivity contribution >= 4 is 0 Å². The van der Waals surface area contributed by atoms with Gasteiger partial charge in [0.2, 0.25) is 0 Å². The number of nitrogens with one attached hydrogen (secondary N) is 1. The van der Waals surface area contributed by atoms with E-state index in [1.54, 1.807) is 0 Å². The van der Waals surface area contributed by atoms with E-state index in [0.29, 0.717) is 11.5 Å². The molecule has 3 rings (SSSR count). The third kappa shape index (κ3) is 3.17. The van der Waals surface area contributed by atoms with Gasteiger partial charge in [0.15, 0.2) is 0 Å². The third-order valence-corrected chi connectivity index (χ3v) is 4.62. The van der Waals surface area contributed by atoms with Crippen molar-refractivity contribution in [1.29, 1.82) is 0 Å². The van der Waals surface area contributed by atoms with Crippen molar-refractivity contribution in [3.8, 4) is 0 Å². The highest BCUT2D eigenvalue weighted by Gasteiger charge is 2.43. The van der Waals surface area contributed by atoms with Crippen molar-refractivity contribution in [2.24, 2.45) is 0 Å². The van der Waals surface area contributed by atoms with Crippen LogP contribution in [0.4, 0.5) is 0 Å². The zero-order valence-corrected chi connectivity index (χ0v) is 12.5. The maximum atomic E-state index is 9.24. The first-order valence-corrected chi connectivity index (χ1v) is 7.72. The highest BCUT2D eigenvalue weighted by molar-refractivity contribution is 5.32. The van der Waals surface area contributed by atoms with Gasteiger partial charge in [-0.1, -0.05) is 54.6 Å². The number of aliphatic hydroxyl groups excluding tert-OH is 1. The number of aliphatic hydroxyl groups is 1. The van der Waals surface area contributed by atoms with Gasteiger partial charge in [0.05, 0.1) is 6.61 Å². The number of hydrogen-bond donors (Lipinski definition) is 2. The predicted molar refractivity (Wildman–Crippen MR) is 86.1 cm³/mol. The van der Waals surface area contributed by atoms with E-state index in [-0.39, 0.29) is 6.61 Å². The average molecular weight is 281 g/mol. The lowest BCUT2D eigenvalue weighted by Gasteiger charge is -2.21. The van der Waals surface area contributed by atoms with Crippen molar-refractivity contribution in [2.45, 2.75) is 37.8 Å². The Bertz CT molecular complexity index is 590. The zero-order chi connectivity index (χ0) is 14.7. The van der Waals surface area contributed by atoms with Crippen LogP contribution in [0, 0.1) is 0 Å². The standard InChI is InChI=1S/C19H23NO/c1-15(17-7-5-6-16(12-17)13-21)20-14-19(10-11-19)18-8-3-2-4-9-18/h2-9,12,15,20-21H,10-11,13-14H2,1H3. The molecule has 1 aliphatic rings. The minimum atomic E-state index is 0.106. The molecule has 0 aromatic heterocycles. The van der Waals surface area contributed by atoms with Crippen molar-refractivity contribution < 1.29 is 5.11 Å². The molecule has 2 nitrogen and oxygen atoms in total. The number of hydrogen-bond acceptors (Lipinski definition) is 2. The van der Waals surface area contributed by atoms with E-state index < -0.39 is 0 Å². The van der Waals surface area contributed by atoms with Crippen LogP contribution in [-0.4, -0.2) is 11.7 Å². The van der Waals surface area contributed by atoms with Crippen LogP contribution >= 0.6 is 0 Å². The van der Waals surface area contributed by atoms with E-state index in [0.717, 1.165) is 12.1 Å². The summed E-state index contributed by atoms with van der Waals surface area (Å²) in [5.74, 6) is 0. The van der Waals surface area contributed by atoms with E-state index in [2.05, 4.69) is 54.7 Å². The Hall–Kier alpha value is -1.64. The van der Waals surface area contributed by atoms with Crippen molar-refractivity contribution in [2.75, 3.05) is 6.54 Å². The average Bonchev–Trinajstić information content (AvgIpc) is 3.35. The topological polar surface area (TPSA) is 32.3 Å². The fraction of sp³-hybridized carbons (Fsp3) is 0.368. The van der Waals surface area contributed by atoms with Crippen LogP contribution in [0.2, 0.25) is 0 Å². The maximum Gasteiger partial charge on any atom is 0.0681 e. The molecule has 2 aromatic carbocycles. The molecule has 1 unspecified atom stereocenters. The first kappa shape index (κ1) is 14.3. The maximum absolute atomic E-state index is 9.24. The lowest BCUT2D eigenvalue weighted by atomic mass is 9.95. The minimum absolute atomic E-state index is 0.106. The monoisotopic (exact) mass is 281 g/mol. The van der Waals surface area contributed by atoms with Gasteiger partial charge in [-0.05, 0) is 36.5 Å².